The number of pyridine rings is 2. The Morgan fingerprint density at radius 2 is 0.827 bits per heavy atom. The summed E-state index contributed by atoms with van der Waals surface area (Å²) >= 11 is 0. The van der Waals surface area contributed by atoms with Crippen LogP contribution in [0.4, 0.5) is 0 Å². The van der Waals surface area contributed by atoms with Gasteiger partial charge in [0.05, 0.1) is 11.0 Å². The van der Waals surface area contributed by atoms with Gasteiger partial charge in [0, 0.05) is 88.8 Å². The second-order valence-electron chi connectivity index (χ2n) is 23.5. The van der Waals surface area contributed by atoms with E-state index in [-0.39, 0.29) is 17.5 Å². The Morgan fingerprint density at radius 3 is 1.40 bits per heavy atom. The van der Waals surface area contributed by atoms with Crippen molar-refractivity contribution in [2.45, 2.75) is 80.1 Å². The first-order chi connectivity index (χ1) is 36.1. The first-order valence-electron chi connectivity index (χ1n) is 26.4. The van der Waals surface area contributed by atoms with Crippen molar-refractivity contribution in [2.75, 3.05) is 0 Å². The van der Waals surface area contributed by atoms with Crippen molar-refractivity contribution in [1.82, 2.24) is 34.1 Å². The Bertz CT molecular complexity index is 4590. The van der Waals surface area contributed by atoms with Crippen molar-refractivity contribution in [3.63, 3.8) is 0 Å². The van der Waals surface area contributed by atoms with Crippen LogP contribution in [0.2, 0.25) is 0 Å². The molecule has 2 aliphatic rings. The zero-order valence-corrected chi connectivity index (χ0v) is 44.1. The quantitative estimate of drug-likeness (QED) is 0.130. The molecule has 0 saturated carbocycles. The monoisotopic (exact) mass is 967 g/mol. The van der Waals surface area contributed by atoms with Crippen LogP contribution in [0.3, 0.4) is 0 Å². The zero-order chi connectivity index (χ0) is 51.1. The summed E-state index contributed by atoms with van der Waals surface area (Å²) in [4.78, 5) is 25.7. The maximum atomic E-state index is 5.47. The zero-order valence-electron chi connectivity index (χ0n) is 44.1. The lowest BCUT2D eigenvalue weighted by Crippen LogP contribution is -2.59. The number of hydrogen-bond acceptors (Lipinski definition) is 5. The Morgan fingerprint density at radius 1 is 0.360 bits per heavy atom. The fourth-order valence-electron chi connectivity index (χ4n) is 13.2. The minimum atomic E-state index is -0.0993. The SMILES string of the molecule is Cc1cc(-c2nc(-c3cc(C)nc(C)c3)nc(-c3cc4c5c(c3)-n3c6ccc7c8ccccc8c8ccccc8c7c6c6cccc(c63)B5c3cc(C(C)(C)C)cc5c6cc(C(C)(C)C)ccc6n-4c35)n2)cc(C)n1. The number of benzene rings is 8. The van der Waals surface area contributed by atoms with Gasteiger partial charge in [-0.05, 0) is 154 Å². The molecule has 0 fully saturated rings. The highest BCUT2D eigenvalue weighted by molar-refractivity contribution is 7.00. The van der Waals surface area contributed by atoms with Gasteiger partial charge < -0.3 is 9.13 Å². The highest BCUT2D eigenvalue weighted by Gasteiger charge is 2.42. The normalized spacial score (nSPS) is 13.2. The lowest BCUT2D eigenvalue weighted by atomic mass is 9.34. The van der Waals surface area contributed by atoms with Crippen molar-refractivity contribution >= 4 is 99.0 Å². The van der Waals surface area contributed by atoms with E-state index in [1.165, 1.54) is 103 Å². The van der Waals surface area contributed by atoms with E-state index in [2.05, 4.69) is 196 Å². The smallest absolute Gasteiger partial charge is 0.252 e. The van der Waals surface area contributed by atoms with Gasteiger partial charge in [-0.25, -0.2) is 15.0 Å². The van der Waals surface area contributed by atoms with E-state index in [1.54, 1.807) is 0 Å². The van der Waals surface area contributed by atoms with Crippen LogP contribution < -0.4 is 16.4 Å². The van der Waals surface area contributed by atoms with E-state index in [0.29, 0.717) is 17.5 Å². The third kappa shape index (κ3) is 6.26. The molecule has 0 saturated heterocycles. The van der Waals surface area contributed by atoms with Gasteiger partial charge in [-0.15, -0.1) is 0 Å². The van der Waals surface area contributed by atoms with E-state index in [9.17, 15) is 0 Å². The number of aryl methyl sites for hydroxylation is 4. The van der Waals surface area contributed by atoms with Gasteiger partial charge >= 0.3 is 0 Å². The van der Waals surface area contributed by atoms with Gasteiger partial charge in [0.25, 0.3) is 6.71 Å². The fourth-order valence-corrected chi connectivity index (χ4v) is 13.2. The Balaban J connectivity index is 1.13. The Kier molecular flexibility index (Phi) is 8.85. The van der Waals surface area contributed by atoms with Crippen LogP contribution in [0.5, 0.6) is 0 Å². The molecule has 75 heavy (non-hydrogen) atoms. The molecular weight excluding hydrogens is 914 g/mol. The summed E-state index contributed by atoms with van der Waals surface area (Å²) in [6.07, 6.45) is 0. The highest BCUT2D eigenvalue weighted by Crippen LogP contribution is 2.46. The van der Waals surface area contributed by atoms with Gasteiger partial charge in [-0.3, -0.25) is 9.97 Å². The summed E-state index contributed by atoms with van der Waals surface area (Å²) in [7, 11) is 0. The van der Waals surface area contributed by atoms with Gasteiger partial charge in [0.15, 0.2) is 17.5 Å². The minimum Gasteiger partial charge on any atom is -0.310 e. The average molecular weight is 968 g/mol. The molecular formula is C67H54BN7. The second-order valence-corrected chi connectivity index (χ2v) is 23.5. The maximum Gasteiger partial charge on any atom is 0.252 e. The second kappa shape index (κ2) is 15.1. The maximum absolute atomic E-state index is 5.47. The van der Waals surface area contributed by atoms with E-state index >= 15 is 0 Å². The number of hydrogen-bond donors (Lipinski definition) is 0. The lowest BCUT2D eigenvalue weighted by Gasteiger charge is -2.35. The molecule has 7 heterocycles. The number of nitrogens with zero attached hydrogens (tertiary/aromatic N) is 7. The van der Waals surface area contributed by atoms with Gasteiger partial charge in [0.2, 0.25) is 0 Å². The van der Waals surface area contributed by atoms with Crippen LogP contribution in [0.1, 0.15) is 75.4 Å². The Hall–Kier alpha value is -8.49. The first-order valence-corrected chi connectivity index (χ1v) is 26.4. The molecule has 5 aromatic heterocycles. The van der Waals surface area contributed by atoms with Gasteiger partial charge in [-0.1, -0.05) is 126 Å². The minimum absolute atomic E-state index is 0.0368. The van der Waals surface area contributed by atoms with Crippen molar-refractivity contribution in [3.05, 3.63) is 179 Å². The summed E-state index contributed by atoms with van der Waals surface area (Å²) in [6.45, 7) is 22.1. The molecule has 0 atom stereocenters. The van der Waals surface area contributed by atoms with Crippen LogP contribution in [-0.4, -0.2) is 40.8 Å². The van der Waals surface area contributed by atoms with Gasteiger partial charge in [-0.2, -0.15) is 0 Å². The summed E-state index contributed by atoms with van der Waals surface area (Å²) in [6, 6.07) is 55.0. The summed E-state index contributed by atoms with van der Waals surface area (Å²) < 4.78 is 5.17. The topological polar surface area (TPSA) is 74.3 Å². The first kappa shape index (κ1) is 44.0. The standard InChI is InChI=1S/C67H54BN7/c1-35-26-39(27-36(2)69-35)63-71-64(40-28-37(3)70-38(4)29-40)73-65(72-63)41-30-56-60-57(31-41)75-55-25-23-48-46-18-12-11-16-44(46)45-17-13-14-19-47(45)58(48)59(55)49-20-15-21-52(61(49)75)68(60)53-34-43(67(8,9)10)33-51-50-32-42(66(5,6)7)22-24-54(50)74(56)62(51)53/h11-34H,1-10H3. The molecule has 2 aliphatic heterocycles. The van der Waals surface area contributed by atoms with Crippen molar-refractivity contribution in [2.24, 2.45) is 0 Å². The molecule has 0 spiro atoms. The average Bonchev–Trinajstić information content (AvgIpc) is 3.94. The third-order valence-electron chi connectivity index (χ3n) is 16.4. The Labute approximate surface area is 436 Å². The number of rotatable bonds is 3. The van der Waals surface area contributed by atoms with Crippen LogP contribution in [0.15, 0.2) is 146 Å². The van der Waals surface area contributed by atoms with E-state index < -0.39 is 0 Å². The highest BCUT2D eigenvalue weighted by atomic mass is 15.1. The van der Waals surface area contributed by atoms with E-state index in [0.717, 1.165) is 50.8 Å². The van der Waals surface area contributed by atoms with Crippen LogP contribution >= 0.6 is 0 Å². The summed E-state index contributed by atoms with van der Waals surface area (Å²) in [5.41, 5.74) is 20.0. The van der Waals surface area contributed by atoms with Crippen molar-refractivity contribution in [3.8, 4) is 45.5 Å². The summed E-state index contributed by atoms with van der Waals surface area (Å²) in [5.74, 6) is 1.82. The molecule has 0 unspecified atom stereocenters. The molecule has 13 aromatic rings. The fraction of sp³-hybridized carbons (Fsp3) is 0.179. The number of aromatic nitrogens is 7. The number of fused-ring (bicyclic) bond motifs is 17. The largest absolute Gasteiger partial charge is 0.310 e. The molecule has 7 nitrogen and oxygen atoms in total. The predicted molar refractivity (Wildman–Crippen MR) is 314 cm³/mol. The molecule has 0 aliphatic carbocycles. The summed E-state index contributed by atoms with van der Waals surface area (Å²) in [5, 5.41) is 12.7. The molecule has 0 radical (unpaired) electrons. The van der Waals surface area contributed by atoms with Crippen molar-refractivity contribution < 1.29 is 0 Å². The van der Waals surface area contributed by atoms with Crippen LogP contribution in [0, 0.1) is 27.7 Å². The molecule has 15 rings (SSSR count). The van der Waals surface area contributed by atoms with Crippen LogP contribution in [-0.2, 0) is 10.8 Å². The van der Waals surface area contributed by atoms with E-state index in [1.807, 2.05) is 27.7 Å². The van der Waals surface area contributed by atoms with Gasteiger partial charge in [0.1, 0.15) is 0 Å². The molecule has 360 valence electrons. The molecule has 8 aromatic carbocycles. The molecule has 8 heteroatoms. The predicted octanol–water partition coefficient (Wildman–Crippen LogP) is 14.3. The third-order valence-corrected chi connectivity index (χ3v) is 16.4. The number of para-hydroxylation sites is 1. The van der Waals surface area contributed by atoms with E-state index in [4.69, 9.17) is 24.9 Å². The van der Waals surface area contributed by atoms with Crippen molar-refractivity contribution in [1.29, 1.82) is 0 Å². The lowest BCUT2D eigenvalue weighted by molar-refractivity contribution is 0.590. The molecule has 0 N–H and O–H groups in total. The molecule has 0 bridgehead atoms. The van der Waals surface area contributed by atoms with Crippen LogP contribution in [0.25, 0.3) is 121 Å². The molecule has 0 amide bonds.